The Labute approximate surface area is 201 Å². The van der Waals surface area contributed by atoms with Gasteiger partial charge in [-0.3, -0.25) is 4.79 Å². The van der Waals surface area contributed by atoms with Gasteiger partial charge in [-0.05, 0) is 43.2 Å². The predicted octanol–water partition coefficient (Wildman–Crippen LogP) is 7.08. The number of amides is 1. The van der Waals surface area contributed by atoms with Crippen LogP contribution in [0.25, 0.3) is 10.9 Å². The van der Waals surface area contributed by atoms with Gasteiger partial charge in [0.15, 0.2) is 0 Å². The van der Waals surface area contributed by atoms with Crippen molar-refractivity contribution in [2.45, 2.75) is 50.1 Å². The topological polar surface area (TPSA) is 54.0 Å². The van der Waals surface area contributed by atoms with Crippen LogP contribution in [-0.2, 0) is 12.4 Å². The Kier molecular flexibility index (Phi) is 6.86. The van der Waals surface area contributed by atoms with E-state index >= 15 is 0 Å². The van der Waals surface area contributed by atoms with Crippen LogP contribution in [0.4, 0.5) is 32.2 Å². The normalized spacial score (nSPS) is 18.9. The molecule has 0 aliphatic heterocycles. The van der Waals surface area contributed by atoms with Gasteiger partial charge in [-0.15, -0.1) is 0 Å². The zero-order chi connectivity index (χ0) is 25.4. The number of para-hydroxylation sites is 1. The van der Waals surface area contributed by atoms with Crippen LogP contribution in [0.5, 0.6) is 0 Å². The molecule has 2 N–H and O–H groups in total. The molecule has 1 aliphatic rings. The second kappa shape index (κ2) is 9.56. The molecule has 4 rings (SSSR count). The summed E-state index contributed by atoms with van der Waals surface area (Å²) in [6, 6.07) is 8.87. The summed E-state index contributed by atoms with van der Waals surface area (Å²) in [7, 11) is 0. The van der Waals surface area contributed by atoms with Crippen LogP contribution in [0, 0.1) is 0 Å². The zero-order valence-electron chi connectivity index (χ0n) is 18.1. The summed E-state index contributed by atoms with van der Waals surface area (Å²) in [5.41, 5.74) is -3.12. The third-order valence-electron chi connectivity index (χ3n) is 5.93. The summed E-state index contributed by atoms with van der Waals surface area (Å²) >= 11 is 6.35. The molecule has 2 aromatic carbocycles. The highest BCUT2D eigenvalue weighted by Gasteiger charge is 2.38. The van der Waals surface area contributed by atoms with Crippen LogP contribution >= 0.6 is 11.6 Å². The standard InChI is InChI=1S/C24H20ClF6N3O/c25-17-12-21(32-18-6-2-1-5-16(17)18)33-19-7-3-4-8-20(19)34-22(35)13-9-14(23(26,27)28)11-15(10-13)24(29,30)31/h1-2,5-6,9-12,19-20H,3-4,7-8H2,(H,32,33)(H,34,35)/t19-,20?/m0/s1. The van der Waals surface area contributed by atoms with Crippen molar-refractivity contribution in [1.82, 2.24) is 10.3 Å². The van der Waals surface area contributed by atoms with Crippen LogP contribution in [0.15, 0.2) is 48.5 Å². The van der Waals surface area contributed by atoms with Gasteiger partial charge >= 0.3 is 12.4 Å². The molecule has 1 aromatic heterocycles. The van der Waals surface area contributed by atoms with E-state index in [2.05, 4.69) is 15.6 Å². The Bertz CT molecular complexity index is 1210. The number of halogens is 7. The Morgan fingerprint density at radius 2 is 1.49 bits per heavy atom. The summed E-state index contributed by atoms with van der Waals surface area (Å²) < 4.78 is 79.1. The van der Waals surface area contributed by atoms with E-state index < -0.39 is 41.0 Å². The third kappa shape index (κ3) is 5.80. The molecule has 1 amide bonds. The number of carbonyl (C=O) groups excluding carboxylic acids is 1. The van der Waals surface area contributed by atoms with E-state index in [4.69, 9.17) is 11.6 Å². The summed E-state index contributed by atoms with van der Waals surface area (Å²) in [5, 5.41) is 7.07. The summed E-state index contributed by atoms with van der Waals surface area (Å²) in [6.45, 7) is 0. The third-order valence-corrected chi connectivity index (χ3v) is 6.24. The smallest absolute Gasteiger partial charge is 0.365 e. The number of hydrogen-bond donors (Lipinski definition) is 2. The van der Waals surface area contributed by atoms with Gasteiger partial charge in [-0.25, -0.2) is 4.98 Å². The molecule has 35 heavy (non-hydrogen) atoms. The van der Waals surface area contributed by atoms with Crippen molar-refractivity contribution >= 4 is 34.2 Å². The molecule has 11 heteroatoms. The number of pyridine rings is 1. The zero-order valence-corrected chi connectivity index (χ0v) is 18.9. The van der Waals surface area contributed by atoms with E-state index in [0.717, 1.165) is 18.2 Å². The van der Waals surface area contributed by atoms with Gasteiger partial charge in [0.25, 0.3) is 5.91 Å². The lowest BCUT2D eigenvalue weighted by Crippen LogP contribution is -2.48. The van der Waals surface area contributed by atoms with E-state index in [-0.39, 0.29) is 12.1 Å². The highest BCUT2D eigenvalue weighted by molar-refractivity contribution is 6.35. The van der Waals surface area contributed by atoms with E-state index in [9.17, 15) is 31.1 Å². The van der Waals surface area contributed by atoms with Gasteiger partial charge in [-0.1, -0.05) is 42.6 Å². The number of carbonyl (C=O) groups is 1. The maximum absolute atomic E-state index is 13.2. The number of nitrogens with one attached hydrogen (secondary N) is 2. The SMILES string of the molecule is O=C(NC1CCCC[C@@H]1Nc1cc(Cl)c2ccccc2n1)c1cc(C(F)(F)F)cc(C(F)(F)F)c1. The fourth-order valence-electron chi connectivity index (χ4n) is 4.21. The first-order valence-electron chi connectivity index (χ1n) is 10.8. The molecule has 0 saturated heterocycles. The molecule has 1 heterocycles. The number of alkyl halides is 6. The monoisotopic (exact) mass is 515 g/mol. The van der Waals surface area contributed by atoms with Crippen LogP contribution in [0.3, 0.4) is 0 Å². The second-order valence-electron chi connectivity index (χ2n) is 8.42. The second-order valence-corrected chi connectivity index (χ2v) is 8.82. The van der Waals surface area contributed by atoms with Crippen molar-refractivity contribution in [3.63, 3.8) is 0 Å². The average Bonchev–Trinajstić information content (AvgIpc) is 2.79. The highest BCUT2D eigenvalue weighted by Crippen LogP contribution is 2.36. The quantitative estimate of drug-likeness (QED) is 0.365. The number of benzene rings is 2. The number of rotatable bonds is 4. The Morgan fingerprint density at radius 1 is 0.886 bits per heavy atom. The van der Waals surface area contributed by atoms with Gasteiger partial charge in [-0.2, -0.15) is 26.3 Å². The molecule has 3 aromatic rings. The van der Waals surface area contributed by atoms with Gasteiger partial charge in [0.05, 0.1) is 21.7 Å². The number of fused-ring (bicyclic) bond motifs is 1. The van der Waals surface area contributed by atoms with Gasteiger partial charge in [0.2, 0.25) is 0 Å². The Balaban J connectivity index is 1.57. The Hall–Kier alpha value is -3.01. The molecule has 4 nitrogen and oxygen atoms in total. The largest absolute Gasteiger partial charge is 0.416 e. The van der Waals surface area contributed by atoms with Gasteiger partial charge in [0, 0.05) is 23.0 Å². The van der Waals surface area contributed by atoms with Crippen molar-refractivity contribution in [2.24, 2.45) is 0 Å². The van der Waals surface area contributed by atoms with Crippen molar-refractivity contribution in [3.8, 4) is 0 Å². The molecule has 1 aliphatic carbocycles. The minimum atomic E-state index is -5.04. The van der Waals surface area contributed by atoms with Crippen LogP contribution in [0.2, 0.25) is 5.02 Å². The molecule has 0 radical (unpaired) electrons. The summed E-state index contributed by atoms with van der Waals surface area (Å²) in [6.07, 6.45) is -7.39. The van der Waals surface area contributed by atoms with E-state index in [1.54, 1.807) is 12.1 Å². The number of hydrogen-bond acceptors (Lipinski definition) is 3. The first-order valence-corrected chi connectivity index (χ1v) is 11.2. The molecule has 2 atom stereocenters. The van der Waals surface area contributed by atoms with Crippen LogP contribution in [0.1, 0.15) is 47.2 Å². The molecular formula is C24H20ClF6N3O. The molecule has 186 valence electrons. The lowest BCUT2D eigenvalue weighted by molar-refractivity contribution is -0.143. The molecule has 1 fully saturated rings. The first kappa shape index (κ1) is 25.1. The minimum Gasteiger partial charge on any atom is -0.365 e. The van der Waals surface area contributed by atoms with Gasteiger partial charge in [0.1, 0.15) is 5.82 Å². The fraction of sp³-hybridized carbons (Fsp3) is 0.333. The number of nitrogens with zero attached hydrogens (tertiary/aromatic N) is 1. The average molecular weight is 516 g/mol. The molecular weight excluding hydrogens is 496 g/mol. The maximum Gasteiger partial charge on any atom is 0.416 e. The van der Waals surface area contributed by atoms with Crippen molar-refractivity contribution in [2.75, 3.05) is 5.32 Å². The Morgan fingerprint density at radius 3 is 2.11 bits per heavy atom. The minimum absolute atomic E-state index is 0.00309. The van der Waals surface area contributed by atoms with Crippen molar-refractivity contribution < 1.29 is 31.1 Å². The highest BCUT2D eigenvalue weighted by atomic mass is 35.5. The molecule has 0 spiro atoms. The van der Waals surface area contributed by atoms with E-state index in [0.29, 0.717) is 41.3 Å². The van der Waals surface area contributed by atoms with E-state index in [1.807, 2.05) is 18.2 Å². The number of anilines is 1. The fourth-order valence-corrected chi connectivity index (χ4v) is 4.47. The lowest BCUT2D eigenvalue weighted by Gasteiger charge is -2.33. The van der Waals surface area contributed by atoms with Crippen LogP contribution in [-0.4, -0.2) is 23.0 Å². The maximum atomic E-state index is 13.2. The summed E-state index contributed by atoms with van der Waals surface area (Å²) in [4.78, 5) is 17.3. The molecule has 1 unspecified atom stereocenters. The molecule has 0 bridgehead atoms. The van der Waals surface area contributed by atoms with E-state index in [1.165, 1.54) is 0 Å². The predicted molar refractivity (Wildman–Crippen MR) is 120 cm³/mol. The molecule has 1 saturated carbocycles. The first-order chi connectivity index (χ1) is 16.4. The van der Waals surface area contributed by atoms with Crippen LogP contribution < -0.4 is 10.6 Å². The summed E-state index contributed by atoms with van der Waals surface area (Å²) in [5.74, 6) is -0.553. The van der Waals surface area contributed by atoms with Gasteiger partial charge < -0.3 is 10.6 Å². The van der Waals surface area contributed by atoms with Crippen molar-refractivity contribution in [1.29, 1.82) is 0 Å². The number of aromatic nitrogens is 1. The van der Waals surface area contributed by atoms with Crippen molar-refractivity contribution in [3.05, 3.63) is 70.2 Å². The lowest BCUT2D eigenvalue weighted by atomic mass is 9.90.